The molecule has 0 amide bonds. The van der Waals surface area contributed by atoms with E-state index in [2.05, 4.69) is 106 Å². The van der Waals surface area contributed by atoms with Crippen molar-refractivity contribution in [2.45, 2.75) is 354 Å². The molecule has 0 spiro atoms. The van der Waals surface area contributed by atoms with Crippen molar-refractivity contribution in [2.75, 3.05) is 13.2 Å². The van der Waals surface area contributed by atoms with Crippen LogP contribution in [0, 0.1) is 0 Å². The first-order chi connectivity index (χ1) is 39.5. The molecule has 6 nitrogen and oxygen atoms in total. The zero-order valence-electron chi connectivity index (χ0n) is 53.1. The summed E-state index contributed by atoms with van der Waals surface area (Å²) in [5.41, 5.74) is 0. The molecule has 1 atom stereocenters. The van der Waals surface area contributed by atoms with E-state index in [-0.39, 0.29) is 31.1 Å². The van der Waals surface area contributed by atoms with Crippen molar-refractivity contribution < 1.29 is 28.6 Å². The lowest BCUT2D eigenvalue weighted by Crippen LogP contribution is -2.30. The molecule has 80 heavy (non-hydrogen) atoms. The first-order valence-electron chi connectivity index (χ1n) is 34.6. The van der Waals surface area contributed by atoms with E-state index in [1.165, 1.54) is 205 Å². The van der Waals surface area contributed by atoms with Gasteiger partial charge in [0.25, 0.3) is 0 Å². The highest BCUT2D eigenvalue weighted by Crippen LogP contribution is 2.17. The number of unbranched alkanes of at least 4 members (excludes halogenated alkanes) is 38. The van der Waals surface area contributed by atoms with Gasteiger partial charge in [-0.15, -0.1) is 0 Å². The lowest BCUT2D eigenvalue weighted by molar-refractivity contribution is -0.167. The summed E-state index contributed by atoms with van der Waals surface area (Å²) in [6.45, 7) is 6.50. The van der Waals surface area contributed by atoms with Crippen LogP contribution in [0.2, 0.25) is 0 Å². The molecule has 0 fully saturated rings. The molecule has 0 aromatic rings. The smallest absolute Gasteiger partial charge is 0.306 e. The van der Waals surface area contributed by atoms with E-state index in [9.17, 15) is 14.4 Å². The quantitative estimate of drug-likeness (QED) is 0.0261. The standard InChI is InChI=1S/C74H130O6/c1-4-7-10-13-16-19-22-24-26-28-30-32-33-34-35-36-37-38-39-40-41-43-44-46-48-50-52-55-58-61-64-67-73(76)79-70-71(69-78-72(75)66-63-60-57-54-21-18-15-12-9-6-3)80-74(77)68-65-62-59-56-53-51-49-47-45-42-31-29-27-25-23-20-17-14-11-8-5-2/h7,10,12,15-16,19,24,26,29-32,34-35,71H,4-6,8-9,11,13-14,17-18,20-23,25,27-28,33,36-70H2,1-3H3/b10-7-,15-12-,19-16-,26-24-,31-29-,32-30-,35-34-. The van der Waals surface area contributed by atoms with Gasteiger partial charge in [0.05, 0.1) is 0 Å². The normalized spacial score (nSPS) is 12.6. The van der Waals surface area contributed by atoms with Gasteiger partial charge in [0, 0.05) is 19.3 Å². The summed E-state index contributed by atoms with van der Waals surface area (Å²) in [6, 6.07) is 0. The minimum atomic E-state index is -0.780. The minimum absolute atomic E-state index is 0.0768. The van der Waals surface area contributed by atoms with Crippen LogP contribution in [0.15, 0.2) is 85.1 Å². The summed E-state index contributed by atoms with van der Waals surface area (Å²) in [5, 5.41) is 0. The second-order valence-corrected chi connectivity index (χ2v) is 23.1. The van der Waals surface area contributed by atoms with Crippen LogP contribution in [0.5, 0.6) is 0 Å². The predicted molar refractivity (Wildman–Crippen MR) is 348 cm³/mol. The Hall–Kier alpha value is -3.41. The van der Waals surface area contributed by atoms with Crippen molar-refractivity contribution in [3.05, 3.63) is 85.1 Å². The number of hydrogen-bond donors (Lipinski definition) is 0. The fourth-order valence-electron chi connectivity index (χ4n) is 9.94. The molecule has 0 bridgehead atoms. The van der Waals surface area contributed by atoms with E-state index >= 15 is 0 Å². The zero-order chi connectivity index (χ0) is 57.8. The van der Waals surface area contributed by atoms with Crippen molar-refractivity contribution in [1.29, 1.82) is 0 Å². The van der Waals surface area contributed by atoms with E-state index in [4.69, 9.17) is 14.2 Å². The maximum atomic E-state index is 12.9. The maximum Gasteiger partial charge on any atom is 0.306 e. The van der Waals surface area contributed by atoms with Crippen LogP contribution < -0.4 is 0 Å². The third-order valence-electron chi connectivity index (χ3n) is 15.1. The highest BCUT2D eigenvalue weighted by atomic mass is 16.6. The Kier molecular flexibility index (Phi) is 65.2. The van der Waals surface area contributed by atoms with Gasteiger partial charge in [-0.3, -0.25) is 14.4 Å². The molecular weight excluding hydrogens is 985 g/mol. The highest BCUT2D eigenvalue weighted by Gasteiger charge is 2.19. The Bertz CT molecular complexity index is 1520. The van der Waals surface area contributed by atoms with Gasteiger partial charge in [-0.05, 0) is 109 Å². The van der Waals surface area contributed by atoms with Crippen LogP contribution in [0.1, 0.15) is 348 Å². The average Bonchev–Trinajstić information content (AvgIpc) is 3.46. The Morgan fingerprint density at radius 2 is 0.512 bits per heavy atom. The number of rotatable bonds is 63. The molecule has 0 aliphatic carbocycles. The van der Waals surface area contributed by atoms with E-state index < -0.39 is 6.10 Å². The first kappa shape index (κ1) is 76.6. The van der Waals surface area contributed by atoms with Gasteiger partial charge >= 0.3 is 17.9 Å². The van der Waals surface area contributed by atoms with Crippen molar-refractivity contribution in [3.63, 3.8) is 0 Å². The third-order valence-corrected chi connectivity index (χ3v) is 15.1. The summed E-state index contributed by atoms with van der Waals surface area (Å²) in [7, 11) is 0. The Morgan fingerprint density at radius 3 is 0.825 bits per heavy atom. The lowest BCUT2D eigenvalue weighted by atomic mass is 10.0. The predicted octanol–water partition coefficient (Wildman–Crippen LogP) is 23.8. The van der Waals surface area contributed by atoms with Gasteiger partial charge in [-0.25, -0.2) is 0 Å². The molecule has 0 heterocycles. The Morgan fingerprint density at radius 1 is 0.263 bits per heavy atom. The molecule has 0 aliphatic rings. The average molecular weight is 1120 g/mol. The van der Waals surface area contributed by atoms with Crippen LogP contribution >= 0.6 is 0 Å². The highest BCUT2D eigenvalue weighted by molar-refractivity contribution is 5.71. The van der Waals surface area contributed by atoms with Gasteiger partial charge in [0.1, 0.15) is 13.2 Å². The Labute approximate surface area is 496 Å². The van der Waals surface area contributed by atoms with Crippen molar-refractivity contribution in [3.8, 4) is 0 Å². The summed E-state index contributed by atoms with van der Waals surface area (Å²) < 4.78 is 16.9. The number of allylic oxidation sites excluding steroid dienone is 14. The fraction of sp³-hybridized carbons (Fsp3) is 0.770. The minimum Gasteiger partial charge on any atom is -0.462 e. The van der Waals surface area contributed by atoms with Gasteiger partial charge in [-0.1, -0.05) is 305 Å². The monoisotopic (exact) mass is 1110 g/mol. The van der Waals surface area contributed by atoms with Crippen LogP contribution in [0.3, 0.4) is 0 Å². The maximum absolute atomic E-state index is 12.9. The number of carbonyl (C=O) groups is 3. The summed E-state index contributed by atoms with van der Waals surface area (Å²) in [4.78, 5) is 38.3. The number of esters is 3. The Balaban J connectivity index is 4.15. The molecule has 0 radical (unpaired) electrons. The SMILES string of the molecule is CC/C=C\C/C=C\C/C=C\C/C=C\C/C=C\CCCCCCCCCCCCCCCCCC(=O)OCC(COC(=O)CCCCCCC/C=C\CCC)OC(=O)CCCCCCCCCCC/C=C\CCCCCCCCCC. The zero-order valence-corrected chi connectivity index (χ0v) is 53.1. The van der Waals surface area contributed by atoms with Gasteiger partial charge in [0.2, 0.25) is 0 Å². The molecule has 6 heteroatoms. The number of carbonyl (C=O) groups excluding carboxylic acids is 3. The van der Waals surface area contributed by atoms with Crippen molar-refractivity contribution in [2.24, 2.45) is 0 Å². The van der Waals surface area contributed by atoms with Gasteiger partial charge < -0.3 is 14.2 Å². The molecule has 0 aliphatic heterocycles. The van der Waals surface area contributed by atoms with E-state index in [0.29, 0.717) is 19.3 Å². The third kappa shape index (κ3) is 65.4. The van der Waals surface area contributed by atoms with Crippen molar-refractivity contribution >= 4 is 17.9 Å². The molecule has 0 saturated heterocycles. The number of hydrogen-bond acceptors (Lipinski definition) is 6. The number of ether oxygens (including phenoxy) is 3. The first-order valence-corrected chi connectivity index (χ1v) is 34.6. The molecular formula is C74H130O6. The van der Waals surface area contributed by atoms with E-state index in [0.717, 1.165) is 103 Å². The lowest BCUT2D eigenvalue weighted by Gasteiger charge is -2.18. The molecule has 0 saturated carbocycles. The van der Waals surface area contributed by atoms with E-state index in [1.807, 2.05) is 0 Å². The van der Waals surface area contributed by atoms with Crippen molar-refractivity contribution in [1.82, 2.24) is 0 Å². The van der Waals surface area contributed by atoms with E-state index in [1.54, 1.807) is 0 Å². The second kappa shape index (κ2) is 68.1. The molecule has 0 rings (SSSR count). The molecule has 0 aromatic heterocycles. The molecule has 0 aromatic carbocycles. The fourth-order valence-corrected chi connectivity index (χ4v) is 9.94. The largest absolute Gasteiger partial charge is 0.462 e. The van der Waals surface area contributed by atoms with Crippen LogP contribution in [-0.4, -0.2) is 37.2 Å². The van der Waals surface area contributed by atoms with Crippen LogP contribution in [0.4, 0.5) is 0 Å². The molecule has 462 valence electrons. The van der Waals surface area contributed by atoms with Gasteiger partial charge in [-0.2, -0.15) is 0 Å². The topological polar surface area (TPSA) is 78.9 Å². The molecule has 1 unspecified atom stereocenters. The van der Waals surface area contributed by atoms with Gasteiger partial charge in [0.15, 0.2) is 6.10 Å². The summed E-state index contributed by atoms with van der Waals surface area (Å²) in [6.07, 6.45) is 90.5. The van der Waals surface area contributed by atoms with Crippen LogP contribution in [0.25, 0.3) is 0 Å². The van der Waals surface area contributed by atoms with Crippen LogP contribution in [-0.2, 0) is 28.6 Å². The summed E-state index contributed by atoms with van der Waals surface area (Å²) in [5.74, 6) is -0.874. The molecule has 0 N–H and O–H groups in total. The summed E-state index contributed by atoms with van der Waals surface area (Å²) >= 11 is 0. The second-order valence-electron chi connectivity index (χ2n) is 23.1.